The average Bonchev–Trinajstić information content (AvgIpc) is 3.29. The highest BCUT2D eigenvalue weighted by molar-refractivity contribution is 5.40. The van der Waals surface area contributed by atoms with Gasteiger partial charge in [0.2, 0.25) is 0 Å². The molecule has 0 atom stereocenters. The van der Waals surface area contributed by atoms with Crippen LogP contribution in [0, 0.1) is 11.3 Å². The number of hydrogen-bond acceptors (Lipinski definition) is 4. The van der Waals surface area contributed by atoms with Crippen LogP contribution in [0.15, 0.2) is 18.2 Å². The molecule has 108 valence electrons. The SMILES string of the molecule is COc1ccc(CNC2CC2)c(OCCCCC#N)c1. The number of methoxy groups -OCH3 is 1. The lowest BCUT2D eigenvalue weighted by molar-refractivity contribution is 0.301. The first-order chi connectivity index (χ1) is 9.83. The van der Waals surface area contributed by atoms with Gasteiger partial charge in [-0.25, -0.2) is 0 Å². The first-order valence-electron chi connectivity index (χ1n) is 7.23. The Kier molecular flexibility index (Phi) is 5.69. The smallest absolute Gasteiger partial charge is 0.127 e. The largest absolute Gasteiger partial charge is 0.497 e. The van der Waals surface area contributed by atoms with E-state index in [4.69, 9.17) is 14.7 Å². The van der Waals surface area contributed by atoms with Gasteiger partial charge in [-0.3, -0.25) is 0 Å². The van der Waals surface area contributed by atoms with Gasteiger partial charge in [-0.1, -0.05) is 6.07 Å². The topological polar surface area (TPSA) is 54.3 Å². The Morgan fingerprint density at radius 1 is 1.35 bits per heavy atom. The summed E-state index contributed by atoms with van der Waals surface area (Å²) in [6.45, 7) is 1.48. The number of unbranched alkanes of at least 4 members (excludes halogenated alkanes) is 2. The van der Waals surface area contributed by atoms with Crippen LogP contribution >= 0.6 is 0 Å². The predicted molar refractivity (Wildman–Crippen MR) is 77.8 cm³/mol. The third-order valence-corrected chi connectivity index (χ3v) is 3.37. The van der Waals surface area contributed by atoms with Crippen LogP contribution in [0.5, 0.6) is 11.5 Å². The van der Waals surface area contributed by atoms with Crippen LogP contribution in [-0.2, 0) is 6.54 Å². The zero-order valence-electron chi connectivity index (χ0n) is 12.0. The fourth-order valence-electron chi connectivity index (χ4n) is 1.97. The Bertz CT molecular complexity index is 464. The molecule has 0 spiro atoms. The Labute approximate surface area is 120 Å². The second kappa shape index (κ2) is 7.76. The van der Waals surface area contributed by atoms with Gasteiger partial charge in [-0.15, -0.1) is 0 Å². The summed E-state index contributed by atoms with van der Waals surface area (Å²) < 4.78 is 11.1. The number of benzene rings is 1. The minimum absolute atomic E-state index is 0.595. The van der Waals surface area contributed by atoms with Gasteiger partial charge in [0.05, 0.1) is 19.8 Å². The van der Waals surface area contributed by atoms with Gasteiger partial charge in [0.25, 0.3) is 0 Å². The number of hydrogen-bond donors (Lipinski definition) is 1. The van der Waals surface area contributed by atoms with Crippen molar-refractivity contribution < 1.29 is 9.47 Å². The molecule has 0 amide bonds. The van der Waals surface area contributed by atoms with Crippen LogP contribution in [0.25, 0.3) is 0 Å². The van der Waals surface area contributed by atoms with Gasteiger partial charge in [0.15, 0.2) is 0 Å². The summed E-state index contributed by atoms with van der Waals surface area (Å²) in [5, 5.41) is 12.0. The highest BCUT2D eigenvalue weighted by Crippen LogP contribution is 2.26. The molecule has 0 unspecified atom stereocenters. The number of nitrogens with zero attached hydrogens (tertiary/aromatic N) is 1. The monoisotopic (exact) mass is 274 g/mol. The van der Waals surface area contributed by atoms with E-state index in [9.17, 15) is 0 Å². The van der Waals surface area contributed by atoms with Crippen molar-refractivity contribution in [3.05, 3.63) is 23.8 Å². The summed E-state index contributed by atoms with van der Waals surface area (Å²) in [4.78, 5) is 0. The molecular weight excluding hydrogens is 252 g/mol. The zero-order chi connectivity index (χ0) is 14.2. The molecule has 0 aromatic heterocycles. The van der Waals surface area contributed by atoms with Crippen molar-refractivity contribution in [2.75, 3.05) is 13.7 Å². The fraction of sp³-hybridized carbons (Fsp3) is 0.562. The normalized spacial score (nSPS) is 13.8. The van der Waals surface area contributed by atoms with Gasteiger partial charge in [0, 0.05) is 30.6 Å². The maximum atomic E-state index is 8.51. The number of nitrogens with one attached hydrogen (secondary N) is 1. The van der Waals surface area contributed by atoms with Crippen molar-refractivity contribution in [3.63, 3.8) is 0 Å². The van der Waals surface area contributed by atoms with Gasteiger partial charge in [0.1, 0.15) is 11.5 Å². The third-order valence-electron chi connectivity index (χ3n) is 3.37. The molecule has 20 heavy (non-hydrogen) atoms. The molecule has 1 aromatic rings. The van der Waals surface area contributed by atoms with Crippen molar-refractivity contribution in [1.29, 1.82) is 5.26 Å². The summed E-state index contributed by atoms with van der Waals surface area (Å²) in [7, 11) is 1.66. The quantitative estimate of drug-likeness (QED) is 0.703. The molecule has 0 heterocycles. The summed E-state index contributed by atoms with van der Waals surface area (Å²) in [5.74, 6) is 1.70. The van der Waals surface area contributed by atoms with Crippen molar-refractivity contribution in [3.8, 4) is 17.6 Å². The van der Waals surface area contributed by atoms with Crippen LogP contribution in [0.3, 0.4) is 0 Å². The lowest BCUT2D eigenvalue weighted by atomic mass is 10.2. The fourth-order valence-corrected chi connectivity index (χ4v) is 1.97. The summed E-state index contributed by atoms with van der Waals surface area (Å²) in [6.07, 6.45) is 4.94. The van der Waals surface area contributed by atoms with Crippen LogP contribution in [0.4, 0.5) is 0 Å². The Morgan fingerprint density at radius 2 is 2.20 bits per heavy atom. The lowest BCUT2D eigenvalue weighted by Crippen LogP contribution is -2.16. The van der Waals surface area contributed by atoms with E-state index in [1.54, 1.807) is 7.11 Å². The van der Waals surface area contributed by atoms with E-state index in [0.717, 1.165) is 36.4 Å². The second-order valence-corrected chi connectivity index (χ2v) is 5.09. The molecule has 1 aliphatic rings. The van der Waals surface area contributed by atoms with Crippen molar-refractivity contribution >= 4 is 0 Å². The van der Waals surface area contributed by atoms with Gasteiger partial charge >= 0.3 is 0 Å². The molecule has 1 N–H and O–H groups in total. The van der Waals surface area contributed by atoms with Crippen LogP contribution in [-0.4, -0.2) is 19.8 Å². The molecule has 1 aromatic carbocycles. The van der Waals surface area contributed by atoms with E-state index in [2.05, 4.69) is 17.5 Å². The van der Waals surface area contributed by atoms with Crippen molar-refractivity contribution in [2.24, 2.45) is 0 Å². The van der Waals surface area contributed by atoms with E-state index in [0.29, 0.717) is 19.1 Å². The molecule has 0 radical (unpaired) electrons. The maximum Gasteiger partial charge on any atom is 0.127 e. The Balaban J connectivity index is 1.89. The second-order valence-electron chi connectivity index (χ2n) is 5.09. The first kappa shape index (κ1) is 14.7. The number of rotatable bonds is 9. The summed E-state index contributed by atoms with van der Waals surface area (Å²) >= 11 is 0. The molecular formula is C16H22N2O2. The van der Waals surface area contributed by atoms with E-state index in [1.165, 1.54) is 12.8 Å². The Morgan fingerprint density at radius 3 is 2.90 bits per heavy atom. The van der Waals surface area contributed by atoms with Crippen molar-refractivity contribution in [2.45, 2.75) is 44.7 Å². The number of nitriles is 1. The van der Waals surface area contributed by atoms with Gasteiger partial charge in [-0.05, 0) is 31.7 Å². The van der Waals surface area contributed by atoms with Crippen LogP contribution in [0.2, 0.25) is 0 Å². The third kappa shape index (κ3) is 4.75. The minimum atomic E-state index is 0.595. The molecule has 4 heteroatoms. The van der Waals surface area contributed by atoms with Crippen LogP contribution < -0.4 is 14.8 Å². The molecule has 1 aliphatic carbocycles. The highest BCUT2D eigenvalue weighted by Gasteiger charge is 2.20. The van der Waals surface area contributed by atoms with Crippen LogP contribution in [0.1, 0.15) is 37.7 Å². The molecule has 4 nitrogen and oxygen atoms in total. The minimum Gasteiger partial charge on any atom is -0.497 e. The van der Waals surface area contributed by atoms with Gasteiger partial charge in [-0.2, -0.15) is 5.26 Å². The average molecular weight is 274 g/mol. The van der Waals surface area contributed by atoms with Crippen molar-refractivity contribution in [1.82, 2.24) is 5.32 Å². The molecule has 1 fully saturated rings. The van der Waals surface area contributed by atoms with Gasteiger partial charge < -0.3 is 14.8 Å². The number of ether oxygens (including phenoxy) is 2. The standard InChI is InChI=1S/C16H22N2O2/c1-19-15-8-5-13(12-18-14-6-7-14)16(11-15)20-10-4-2-3-9-17/h5,8,11,14,18H,2-4,6-7,10,12H2,1H3. The Hall–Kier alpha value is -1.73. The predicted octanol–water partition coefficient (Wildman–Crippen LogP) is 3.02. The lowest BCUT2D eigenvalue weighted by Gasteiger charge is -2.13. The molecule has 1 saturated carbocycles. The first-order valence-corrected chi connectivity index (χ1v) is 7.23. The molecule has 0 saturated heterocycles. The van der Waals surface area contributed by atoms with E-state index in [1.807, 2.05) is 12.1 Å². The highest BCUT2D eigenvalue weighted by atomic mass is 16.5. The van der Waals surface area contributed by atoms with E-state index < -0.39 is 0 Å². The summed E-state index contributed by atoms with van der Waals surface area (Å²) in [5.41, 5.74) is 1.16. The van der Waals surface area contributed by atoms with E-state index >= 15 is 0 Å². The zero-order valence-corrected chi connectivity index (χ0v) is 12.0. The molecule has 2 rings (SSSR count). The summed E-state index contributed by atoms with van der Waals surface area (Å²) in [6, 6.07) is 8.79. The molecule has 0 bridgehead atoms. The molecule has 0 aliphatic heterocycles. The maximum absolute atomic E-state index is 8.51. The van der Waals surface area contributed by atoms with E-state index in [-0.39, 0.29) is 0 Å².